The van der Waals surface area contributed by atoms with Crippen LogP contribution in [0.3, 0.4) is 0 Å². The molecular formula is C13H17NO6. The third-order valence-corrected chi connectivity index (χ3v) is 2.99. The number of ether oxygens (including phenoxy) is 1. The van der Waals surface area contributed by atoms with Crippen molar-refractivity contribution in [1.82, 2.24) is 5.32 Å². The fraction of sp³-hybridized carbons (Fsp3) is 0.462. The first kappa shape index (κ1) is 15.7. The van der Waals surface area contributed by atoms with E-state index < -0.39 is 30.3 Å². The van der Waals surface area contributed by atoms with Crippen molar-refractivity contribution < 1.29 is 28.6 Å². The van der Waals surface area contributed by atoms with Gasteiger partial charge in [0, 0.05) is 5.56 Å². The Morgan fingerprint density at radius 1 is 1.25 bits per heavy atom. The monoisotopic (exact) mass is 283 g/mol. The van der Waals surface area contributed by atoms with Gasteiger partial charge < -0.3 is 19.6 Å². The summed E-state index contributed by atoms with van der Waals surface area (Å²) in [5.74, 6) is -1.62. The van der Waals surface area contributed by atoms with E-state index in [1.807, 2.05) is 0 Å². The lowest BCUT2D eigenvalue weighted by Gasteiger charge is -2.13. The molecule has 0 fully saturated rings. The lowest BCUT2D eigenvalue weighted by Crippen LogP contribution is -2.42. The van der Waals surface area contributed by atoms with Crippen LogP contribution in [0, 0.1) is 20.8 Å². The van der Waals surface area contributed by atoms with Crippen molar-refractivity contribution in [2.24, 2.45) is 0 Å². The second-order valence-corrected chi connectivity index (χ2v) is 4.36. The van der Waals surface area contributed by atoms with Gasteiger partial charge in [-0.25, -0.2) is 4.79 Å². The molecule has 0 bridgehead atoms. The van der Waals surface area contributed by atoms with Crippen LogP contribution >= 0.6 is 0 Å². The molecule has 1 amide bonds. The molecule has 1 heterocycles. The van der Waals surface area contributed by atoms with Gasteiger partial charge in [0.25, 0.3) is 5.91 Å². The molecule has 1 rings (SSSR count). The molecule has 7 heteroatoms. The van der Waals surface area contributed by atoms with Crippen molar-refractivity contribution in [1.29, 1.82) is 0 Å². The standard InChI is InChI=1S/C13H17NO6/c1-6-7(2)20-8(3)11(6)12(16)14-9(13(17)18)5-10(15)19-4/h9H,5H2,1-4H3,(H,14,16)(H,17,18)/t9-/m0/s1. The largest absolute Gasteiger partial charge is 0.480 e. The van der Waals surface area contributed by atoms with E-state index in [1.165, 1.54) is 0 Å². The zero-order chi connectivity index (χ0) is 15.4. The van der Waals surface area contributed by atoms with Crippen LogP contribution in [-0.4, -0.2) is 36.1 Å². The third kappa shape index (κ3) is 3.37. The summed E-state index contributed by atoms with van der Waals surface area (Å²) in [5.41, 5.74) is 0.931. The summed E-state index contributed by atoms with van der Waals surface area (Å²) in [4.78, 5) is 34.3. The van der Waals surface area contributed by atoms with Crippen molar-refractivity contribution in [3.05, 3.63) is 22.6 Å². The Morgan fingerprint density at radius 3 is 2.25 bits per heavy atom. The number of carbonyl (C=O) groups excluding carboxylic acids is 2. The van der Waals surface area contributed by atoms with Crippen molar-refractivity contribution >= 4 is 17.8 Å². The van der Waals surface area contributed by atoms with E-state index in [0.29, 0.717) is 22.6 Å². The molecule has 1 aromatic rings. The number of furan rings is 1. The highest BCUT2D eigenvalue weighted by molar-refractivity contribution is 5.99. The van der Waals surface area contributed by atoms with Gasteiger partial charge in [-0.1, -0.05) is 0 Å². The quantitative estimate of drug-likeness (QED) is 0.779. The molecule has 0 unspecified atom stereocenters. The first-order valence-corrected chi connectivity index (χ1v) is 5.95. The van der Waals surface area contributed by atoms with Crippen LogP contribution in [0.1, 0.15) is 33.9 Å². The summed E-state index contributed by atoms with van der Waals surface area (Å²) < 4.78 is 9.71. The number of hydrogen-bond donors (Lipinski definition) is 2. The van der Waals surface area contributed by atoms with Crippen LogP contribution in [0.2, 0.25) is 0 Å². The molecule has 0 saturated heterocycles. The minimum Gasteiger partial charge on any atom is -0.480 e. The van der Waals surface area contributed by atoms with Crippen LogP contribution in [0.4, 0.5) is 0 Å². The molecule has 0 radical (unpaired) electrons. The predicted molar refractivity (Wildman–Crippen MR) is 68.4 cm³/mol. The average molecular weight is 283 g/mol. The maximum Gasteiger partial charge on any atom is 0.326 e. The Labute approximate surface area is 115 Å². The summed E-state index contributed by atoms with van der Waals surface area (Å²) in [7, 11) is 1.15. The van der Waals surface area contributed by atoms with Crippen molar-refractivity contribution in [2.75, 3.05) is 7.11 Å². The highest BCUT2D eigenvalue weighted by atomic mass is 16.5. The Balaban J connectivity index is 2.91. The number of amides is 1. The Kier molecular flexibility index (Phi) is 4.90. The molecule has 0 saturated carbocycles. The molecule has 110 valence electrons. The van der Waals surface area contributed by atoms with Crippen LogP contribution in [0.15, 0.2) is 4.42 Å². The summed E-state index contributed by atoms with van der Waals surface area (Å²) >= 11 is 0. The number of hydrogen-bond acceptors (Lipinski definition) is 5. The SMILES string of the molecule is COC(=O)C[C@H](NC(=O)c1c(C)oc(C)c1C)C(=O)O. The summed E-state index contributed by atoms with van der Waals surface area (Å²) in [6.45, 7) is 5.03. The first-order chi connectivity index (χ1) is 9.27. The number of carboxylic acids is 1. The highest BCUT2D eigenvalue weighted by Gasteiger charge is 2.27. The highest BCUT2D eigenvalue weighted by Crippen LogP contribution is 2.20. The number of aryl methyl sites for hydroxylation is 2. The third-order valence-electron chi connectivity index (χ3n) is 2.99. The molecule has 1 aromatic heterocycles. The van der Waals surface area contributed by atoms with Gasteiger partial charge in [-0.05, 0) is 20.8 Å². The molecule has 0 aromatic carbocycles. The van der Waals surface area contributed by atoms with Gasteiger partial charge in [0.15, 0.2) is 0 Å². The van der Waals surface area contributed by atoms with Gasteiger partial charge in [0.05, 0.1) is 19.1 Å². The van der Waals surface area contributed by atoms with Crippen molar-refractivity contribution in [2.45, 2.75) is 33.2 Å². The lowest BCUT2D eigenvalue weighted by atomic mass is 10.1. The van der Waals surface area contributed by atoms with Crippen LogP contribution in [0.5, 0.6) is 0 Å². The van der Waals surface area contributed by atoms with Crippen molar-refractivity contribution in [3.8, 4) is 0 Å². The second-order valence-electron chi connectivity index (χ2n) is 4.36. The van der Waals surface area contributed by atoms with Gasteiger partial charge >= 0.3 is 11.9 Å². The number of carboxylic acid groups (broad SMARTS) is 1. The molecule has 1 atom stereocenters. The van der Waals surface area contributed by atoms with E-state index in [4.69, 9.17) is 9.52 Å². The summed E-state index contributed by atoms with van der Waals surface area (Å²) in [5, 5.41) is 11.3. The fourth-order valence-electron chi connectivity index (χ4n) is 1.81. The summed E-state index contributed by atoms with van der Waals surface area (Å²) in [6.07, 6.45) is -0.438. The topological polar surface area (TPSA) is 106 Å². The van der Waals surface area contributed by atoms with Crippen LogP contribution in [0.25, 0.3) is 0 Å². The molecule has 2 N–H and O–H groups in total. The van der Waals surface area contributed by atoms with Gasteiger partial charge in [0.1, 0.15) is 17.6 Å². The van der Waals surface area contributed by atoms with Gasteiger partial charge in [-0.2, -0.15) is 0 Å². The van der Waals surface area contributed by atoms with E-state index in [9.17, 15) is 14.4 Å². The Morgan fingerprint density at radius 2 is 1.85 bits per heavy atom. The summed E-state index contributed by atoms with van der Waals surface area (Å²) in [6, 6.07) is -1.34. The lowest BCUT2D eigenvalue weighted by molar-refractivity contribution is -0.147. The number of nitrogens with one attached hydrogen (secondary N) is 1. The molecule has 7 nitrogen and oxygen atoms in total. The molecular weight excluding hydrogens is 266 g/mol. The maximum atomic E-state index is 12.1. The van der Waals surface area contributed by atoms with E-state index >= 15 is 0 Å². The van der Waals surface area contributed by atoms with E-state index in [1.54, 1.807) is 20.8 Å². The predicted octanol–water partition coefficient (Wildman–Crippen LogP) is 0.951. The number of methoxy groups -OCH3 is 1. The maximum absolute atomic E-state index is 12.1. The average Bonchev–Trinajstić information content (AvgIpc) is 2.61. The molecule has 0 aliphatic heterocycles. The first-order valence-electron chi connectivity index (χ1n) is 5.95. The zero-order valence-electron chi connectivity index (χ0n) is 11.8. The smallest absolute Gasteiger partial charge is 0.326 e. The van der Waals surface area contributed by atoms with Crippen molar-refractivity contribution in [3.63, 3.8) is 0 Å². The molecule has 0 spiro atoms. The minimum atomic E-state index is -1.34. The van der Waals surface area contributed by atoms with E-state index in [-0.39, 0.29) is 0 Å². The molecule has 0 aliphatic rings. The second kappa shape index (κ2) is 6.23. The Bertz CT molecular complexity index is 545. The van der Waals surface area contributed by atoms with E-state index in [0.717, 1.165) is 7.11 Å². The number of carbonyl (C=O) groups is 3. The normalized spacial score (nSPS) is 11.8. The number of rotatable bonds is 5. The molecule has 0 aliphatic carbocycles. The van der Waals surface area contributed by atoms with Crippen LogP contribution in [-0.2, 0) is 14.3 Å². The number of esters is 1. The van der Waals surface area contributed by atoms with Crippen LogP contribution < -0.4 is 5.32 Å². The Hall–Kier alpha value is -2.31. The minimum absolute atomic E-state index is 0.290. The zero-order valence-corrected chi connectivity index (χ0v) is 11.8. The van der Waals surface area contributed by atoms with E-state index in [2.05, 4.69) is 10.1 Å². The molecule has 20 heavy (non-hydrogen) atoms. The van der Waals surface area contributed by atoms with Gasteiger partial charge in [-0.3, -0.25) is 9.59 Å². The fourth-order valence-corrected chi connectivity index (χ4v) is 1.81. The van der Waals surface area contributed by atoms with Gasteiger partial charge in [0.2, 0.25) is 0 Å². The van der Waals surface area contributed by atoms with Gasteiger partial charge in [-0.15, -0.1) is 0 Å². The number of aliphatic carboxylic acids is 1.